The molecule has 21 heavy (non-hydrogen) atoms. The SMILES string of the molecule is Cc1ccc(-c2c(C)sc(N)c2C(=O)NC(C)C)c(C)c1. The molecule has 0 bridgehead atoms. The van der Waals surface area contributed by atoms with Gasteiger partial charge in [-0.1, -0.05) is 23.8 Å². The topological polar surface area (TPSA) is 55.1 Å². The molecule has 1 amide bonds. The number of carbonyl (C=O) groups is 1. The van der Waals surface area contributed by atoms with Crippen LogP contribution in [-0.2, 0) is 0 Å². The number of hydrogen-bond acceptors (Lipinski definition) is 3. The average molecular weight is 302 g/mol. The maximum atomic E-state index is 12.5. The summed E-state index contributed by atoms with van der Waals surface area (Å²) in [5, 5.41) is 3.53. The van der Waals surface area contributed by atoms with E-state index in [2.05, 4.69) is 37.4 Å². The van der Waals surface area contributed by atoms with E-state index in [-0.39, 0.29) is 11.9 Å². The minimum atomic E-state index is -0.0955. The molecule has 0 aliphatic rings. The lowest BCUT2D eigenvalue weighted by Crippen LogP contribution is -2.30. The number of rotatable bonds is 3. The molecule has 0 atom stereocenters. The van der Waals surface area contributed by atoms with Crippen LogP contribution in [0, 0.1) is 20.8 Å². The predicted octanol–water partition coefficient (Wildman–Crippen LogP) is 4.06. The van der Waals surface area contributed by atoms with Crippen LogP contribution in [0.4, 0.5) is 5.00 Å². The number of carbonyl (C=O) groups excluding carboxylic acids is 1. The van der Waals surface area contributed by atoms with Gasteiger partial charge in [-0.05, 0) is 45.7 Å². The van der Waals surface area contributed by atoms with E-state index in [0.29, 0.717) is 10.6 Å². The predicted molar refractivity (Wildman–Crippen MR) is 91.0 cm³/mol. The lowest BCUT2D eigenvalue weighted by molar-refractivity contribution is 0.0945. The van der Waals surface area contributed by atoms with E-state index in [0.717, 1.165) is 21.6 Å². The van der Waals surface area contributed by atoms with Gasteiger partial charge in [-0.25, -0.2) is 0 Å². The molecular weight excluding hydrogens is 280 g/mol. The Morgan fingerprint density at radius 3 is 2.48 bits per heavy atom. The molecule has 0 saturated heterocycles. The summed E-state index contributed by atoms with van der Waals surface area (Å²) in [7, 11) is 0. The molecule has 0 aliphatic carbocycles. The molecule has 0 unspecified atom stereocenters. The van der Waals surface area contributed by atoms with Crippen LogP contribution in [0.1, 0.15) is 40.2 Å². The normalized spacial score (nSPS) is 11.0. The maximum absolute atomic E-state index is 12.5. The minimum Gasteiger partial charge on any atom is -0.390 e. The Kier molecular flexibility index (Phi) is 4.37. The summed E-state index contributed by atoms with van der Waals surface area (Å²) < 4.78 is 0. The molecule has 1 heterocycles. The number of anilines is 1. The first-order valence-electron chi connectivity index (χ1n) is 7.08. The van der Waals surface area contributed by atoms with Crippen molar-refractivity contribution in [2.24, 2.45) is 0 Å². The number of hydrogen-bond donors (Lipinski definition) is 2. The number of thiophene rings is 1. The Morgan fingerprint density at radius 2 is 1.90 bits per heavy atom. The van der Waals surface area contributed by atoms with Gasteiger partial charge in [0, 0.05) is 16.5 Å². The zero-order chi connectivity index (χ0) is 15.7. The molecule has 3 nitrogen and oxygen atoms in total. The van der Waals surface area contributed by atoms with Gasteiger partial charge in [-0.15, -0.1) is 11.3 Å². The van der Waals surface area contributed by atoms with E-state index in [1.807, 2.05) is 20.8 Å². The highest BCUT2D eigenvalue weighted by Gasteiger charge is 2.23. The fourth-order valence-electron chi connectivity index (χ4n) is 2.54. The number of benzene rings is 1. The van der Waals surface area contributed by atoms with Gasteiger partial charge in [-0.3, -0.25) is 4.79 Å². The van der Waals surface area contributed by atoms with E-state index in [1.165, 1.54) is 16.9 Å². The fraction of sp³-hybridized carbons (Fsp3) is 0.353. The highest BCUT2D eigenvalue weighted by atomic mass is 32.1. The second-order valence-corrected chi connectivity index (χ2v) is 6.98. The molecule has 4 heteroatoms. The molecule has 0 spiro atoms. The summed E-state index contributed by atoms with van der Waals surface area (Å²) in [4.78, 5) is 13.6. The summed E-state index contributed by atoms with van der Waals surface area (Å²) in [6.07, 6.45) is 0. The van der Waals surface area contributed by atoms with Gasteiger partial charge in [0.2, 0.25) is 0 Å². The van der Waals surface area contributed by atoms with Crippen LogP contribution in [-0.4, -0.2) is 11.9 Å². The van der Waals surface area contributed by atoms with Crippen molar-refractivity contribution >= 4 is 22.2 Å². The molecule has 3 N–H and O–H groups in total. The summed E-state index contributed by atoms with van der Waals surface area (Å²) in [6.45, 7) is 10.0. The zero-order valence-electron chi connectivity index (χ0n) is 13.2. The molecule has 1 aromatic carbocycles. The molecule has 2 rings (SSSR count). The average Bonchev–Trinajstić information content (AvgIpc) is 2.63. The third-order valence-electron chi connectivity index (χ3n) is 3.41. The molecule has 0 aliphatic heterocycles. The Bertz CT molecular complexity index is 686. The van der Waals surface area contributed by atoms with Gasteiger partial charge < -0.3 is 11.1 Å². The van der Waals surface area contributed by atoms with Crippen LogP contribution in [0.2, 0.25) is 0 Å². The Hall–Kier alpha value is -1.81. The Morgan fingerprint density at radius 1 is 1.24 bits per heavy atom. The van der Waals surface area contributed by atoms with Crippen molar-refractivity contribution < 1.29 is 4.79 Å². The van der Waals surface area contributed by atoms with Crippen LogP contribution >= 0.6 is 11.3 Å². The number of aryl methyl sites for hydroxylation is 3. The Labute approximate surface area is 130 Å². The zero-order valence-corrected chi connectivity index (χ0v) is 14.0. The van der Waals surface area contributed by atoms with Crippen LogP contribution in [0.25, 0.3) is 11.1 Å². The van der Waals surface area contributed by atoms with E-state index in [1.54, 1.807) is 0 Å². The number of nitrogens with one attached hydrogen (secondary N) is 1. The quantitative estimate of drug-likeness (QED) is 0.898. The lowest BCUT2D eigenvalue weighted by Gasteiger charge is -2.12. The number of nitrogens with two attached hydrogens (primary N) is 1. The van der Waals surface area contributed by atoms with Crippen LogP contribution in [0.3, 0.4) is 0 Å². The van der Waals surface area contributed by atoms with Crippen LogP contribution in [0.15, 0.2) is 18.2 Å². The maximum Gasteiger partial charge on any atom is 0.255 e. The summed E-state index contributed by atoms with van der Waals surface area (Å²) >= 11 is 1.48. The van der Waals surface area contributed by atoms with Crippen molar-refractivity contribution in [3.63, 3.8) is 0 Å². The second kappa shape index (κ2) is 5.90. The monoisotopic (exact) mass is 302 g/mol. The summed E-state index contributed by atoms with van der Waals surface area (Å²) in [6, 6.07) is 6.36. The molecule has 1 aromatic heterocycles. The van der Waals surface area contributed by atoms with Crippen molar-refractivity contribution in [1.29, 1.82) is 0 Å². The lowest BCUT2D eigenvalue weighted by atomic mass is 9.95. The third-order valence-corrected chi connectivity index (χ3v) is 4.34. The van der Waals surface area contributed by atoms with Gasteiger partial charge in [0.05, 0.1) is 10.6 Å². The van der Waals surface area contributed by atoms with Gasteiger partial charge >= 0.3 is 0 Å². The molecule has 112 valence electrons. The highest BCUT2D eigenvalue weighted by Crippen LogP contribution is 2.39. The molecule has 0 radical (unpaired) electrons. The van der Waals surface area contributed by atoms with Crippen molar-refractivity contribution in [2.45, 2.75) is 40.7 Å². The third kappa shape index (κ3) is 3.10. The van der Waals surface area contributed by atoms with Gasteiger partial charge in [-0.2, -0.15) is 0 Å². The molecular formula is C17H22N2OS. The van der Waals surface area contributed by atoms with E-state index in [9.17, 15) is 4.79 Å². The van der Waals surface area contributed by atoms with E-state index >= 15 is 0 Å². The van der Waals surface area contributed by atoms with Gasteiger partial charge in [0.1, 0.15) is 0 Å². The standard InChI is InChI=1S/C17H22N2OS/c1-9(2)19-17(20)15-14(12(5)21-16(15)18)13-7-6-10(3)8-11(13)4/h6-9H,18H2,1-5H3,(H,19,20). The Balaban J connectivity index is 2.61. The number of nitrogen functional groups attached to an aromatic ring is 1. The summed E-state index contributed by atoms with van der Waals surface area (Å²) in [5.41, 5.74) is 11.1. The van der Waals surface area contributed by atoms with Crippen molar-refractivity contribution in [3.8, 4) is 11.1 Å². The van der Waals surface area contributed by atoms with Gasteiger partial charge in [0.25, 0.3) is 5.91 Å². The first-order valence-corrected chi connectivity index (χ1v) is 7.90. The van der Waals surface area contributed by atoms with E-state index < -0.39 is 0 Å². The molecule has 2 aromatic rings. The molecule has 0 saturated carbocycles. The largest absolute Gasteiger partial charge is 0.390 e. The van der Waals surface area contributed by atoms with Crippen molar-refractivity contribution in [3.05, 3.63) is 39.8 Å². The first-order chi connectivity index (χ1) is 9.81. The fourth-order valence-corrected chi connectivity index (χ4v) is 3.49. The number of amides is 1. The smallest absolute Gasteiger partial charge is 0.255 e. The summed E-state index contributed by atoms with van der Waals surface area (Å²) in [5.74, 6) is -0.0955. The van der Waals surface area contributed by atoms with Gasteiger partial charge in [0.15, 0.2) is 0 Å². The molecule has 0 fully saturated rings. The first kappa shape index (κ1) is 15.6. The second-order valence-electron chi connectivity index (χ2n) is 5.72. The van der Waals surface area contributed by atoms with Crippen molar-refractivity contribution in [2.75, 3.05) is 5.73 Å². The van der Waals surface area contributed by atoms with Crippen molar-refractivity contribution in [1.82, 2.24) is 5.32 Å². The van der Waals surface area contributed by atoms with Crippen LogP contribution < -0.4 is 11.1 Å². The van der Waals surface area contributed by atoms with E-state index in [4.69, 9.17) is 5.73 Å². The van der Waals surface area contributed by atoms with Crippen LogP contribution in [0.5, 0.6) is 0 Å². The highest BCUT2D eigenvalue weighted by molar-refractivity contribution is 7.16. The minimum absolute atomic E-state index is 0.0871.